The smallest absolute Gasteiger partial charge is 0.277 e. The van der Waals surface area contributed by atoms with E-state index < -0.39 is 6.04 Å². The van der Waals surface area contributed by atoms with E-state index in [4.69, 9.17) is 21.1 Å². The molecule has 4 aromatic rings. The molecular weight excluding hydrogens is 438 g/mol. The van der Waals surface area contributed by atoms with Crippen LogP contribution in [-0.4, -0.2) is 30.3 Å². The molecule has 1 amide bonds. The van der Waals surface area contributed by atoms with Crippen LogP contribution in [0.15, 0.2) is 66.7 Å². The lowest BCUT2D eigenvalue weighted by Crippen LogP contribution is -2.29. The molecule has 6 nitrogen and oxygen atoms in total. The molecule has 0 unspecified atom stereocenters. The minimum atomic E-state index is -0.454. The SMILES string of the molecule is COc1ccc([C@@H]2c3c(-c4ccc(C)cc4)n[nH]c3C(=O)N2c2ccc(Cl)cc2)c(OC)c1. The number of carbonyl (C=O) groups is 1. The number of aromatic nitrogens is 2. The number of ether oxygens (including phenoxy) is 2. The molecule has 5 rings (SSSR count). The van der Waals surface area contributed by atoms with Crippen LogP contribution in [0.1, 0.15) is 33.2 Å². The number of carbonyl (C=O) groups excluding carboxylic acids is 1. The highest BCUT2D eigenvalue weighted by Gasteiger charge is 2.44. The number of hydrogen-bond donors (Lipinski definition) is 1. The van der Waals surface area contributed by atoms with Crippen molar-refractivity contribution in [1.82, 2.24) is 10.2 Å². The lowest BCUT2D eigenvalue weighted by Gasteiger charge is -2.28. The van der Waals surface area contributed by atoms with Gasteiger partial charge in [0, 0.05) is 33.5 Å². The first-order valence-electron chi connectivity index (χ1n) is 10.5. The Morgan fingerprint density at radius 1 is 0.970 bits per heavy atom. The number of nitrogens with one attached hydrogen (secondary N) is 1. The summed E-state index contributed by atoms with van der Waals surface area (Å²) in [5.41, 5.74) is 5.64. The summed E-state index contributed by atoms with van der Waals surface area (Å²) in [7, 11) is 3.22. The van der Waals surface area contributed by atoms with E-state index in [0.717, 1.165) is 33.6 Å². The van der Waals surface area contributed by atoms with Crippen molar-refractivity contribution in [3.63, 3.8) is 0 Å². The van der Waals surface area contributed by atoms with Gasteiger partial charge in [0.15, 0.2) is 0 Å². The average Bonchev–Trinajstić information content (AvgIpc) is 3.39. The van der Waals surface area contributed by atoms with Gasteiger partial charge >= 0.3 is 0 Å². The van der Waals surface area contributed by atoms with E-state index >= 15 is 0 Å². The number of nitrogens with zero attached hydrogens (tertiary/aromatic N) is 2. The number of methoxy groups -OCH3 is 2. The molecule has 1 aromatic heterocycles. The summed E-state index contributed by atoms with van der Waals surface area (Å²) >= 11 is 6.12. The van der Waals surface area contributed by atoms with E-state index in [1.54, 1.807) is 31.3 Å². The van der Waals surface area contributed by atoms with Crippen LogP contribution < -0.4 is 14.4 Å². The second-order valence-corrected chi connectivity index (χ2v) is 8.33. The first kappa shape index (κ1) is 21.1. The van der Waals surface area contributed by atoms with E-state index in [9.17, 15) is 4.79 Å². The first-order valence-corrected chi connectivity index (χ1v) is 10.9. The summed E-state index contributed by atoms with van der Waals surface area (Å²) < 4.78 is 11.1. The molecule has 0 radical (unpaired) electrons. The minimum Gasteiger partial charge on any atom is -0.497 e. The molecule has 0 spiro atoms. The predicted molar refractivity (Wildman–Crippen MR) is 128 cm³/mol. The van der Waals surface area contributed by atoms with Gasteiger partial charge in [-0.3, -0.25) is 14.8 Å². The van der Waals surface area contributed by atoms with Crippen molar-refractivity contribution in [3.8, 4) is 22.8 Å². The van der Waals surface area contributed by atoms with Crippen LogP contribution in [0.25, 0.3) is 11.3 Å². The fraction of sp³-hybridized carbons (Fsp3) is 0.154. The quantitative estimate of drug-likeness (QED) is 0.409. The summed E-state index contributed by atoms with van der Waals surface area (Å²) in [6, 6.07) is 20.5. The molecule has 0 saturated heterocycles. The number of anilines is 1. The van der Waals surface area contributed by atoms with Crippen LogP contribution >= 0.6 is 11.6 Å². The number of amides is 1. The maximum absolute atomic E-state index is 13.6. The topological polar surface area (TPSA) is 67.5 Å². The zero-order chi connectivity index (χ0) is 23.1. The summed E-state index contributed by atoms with van der Waals surface area (Å²) in [5.74, 6) is 1.13. The van der Waals surface area contributed by atoms with Gasteiger partial charge in [-0.1, -0.05) is 41.4 Å². The molecular formula is C26H22ClN3O3. The first-order chi connectivity index (χ1) is 16.0. The summed E-state index contributed by atoms with van der Waals surface area (Å²) in [5, 5.41) is 8.12. The minimum absolute atomic E-state index is 0.166. The molecule has 1 atom stereocenters. The Morgan fingerprint density at radius 2 is 1.70 bits per heavy atom. The number of hydrogen-bond acceptors (Lipinski definition) is 4. The van der Waals surface area contributed by atoms with Crippen LogP contribution in [-0.2, 0) is 0 Å². The van der Waals surface area contributed by atoms with Gasteiger partial charge in [-0.05, 0) is 43.3 Å². The van der Waals surface area contributed by atoms with Gasteiger partial charge < -0.3 is 9.47 Å². The zero-order valence-corrected chi connectivity index (χ0v) is 19.2. The van der Waals surface area contributed by atoms with Gasteiger partial charge in [-0.15, -0.1) is 0 Å². The van der Waals surface area contributed by atoms with Crippen molar-refractivity contribution < 1.29 is 14.3 Å². The van der Waals surface area contributed by atoms with Crippen LogP contribution in [0, 0.1) is 6.92 Å². The van der Waals surface area contributed by atoms with Crippen molar-refractivity contribution in [2.45, 2.75) is 13.0 Å². The number of halogens is 1. The van der Waals surface area contributed by atoms with Crippen molar-refractivity contribution in [3.05, 3.63) is 94.1 Å². The highest BCUT2D eigenvalue weighted by molar-refractivity contribution is 6.30. The van der Waals surface area contributed by atoms with Gasteiger partial charge in [0.05, 0.1) is 26.0 Å². The van der Waals surface area contributed by atoms with E-state index in [-0.39, 0.29) is 5.91 Å². The molecule has 0 fully saturated rings. The summed E-state index contributed by atoms with van der Waals surface area (Å²) in [6.45, 7) is 2.04. The molecule has 0 saturated carbocycles. The van der Waals surface area contributed by atoms with E-state index in [1.807, 2.05) is 61.5 Å². The van der Waals surface area contributed by atoms with Crippen LogP contribution in [0.5, 0.6) is 11.5 Å². The molecule has 2 heterocycles. The van der Waals surface area contributed by atoms with Crippen molar-refractivity contribution in [2.75, 3.05) is 19.1 Å². The average molecular weight is 460 g/mol. The summed E-state index contributed by atoms with van der Waals surface area (Å²) in [4.78, 5) is 15.4. The second-order valence-electron chi connectivity index (χ2n) is 7.89. The Balaban J connectivity index is 1.74. The van der Waals surface area contributed by atoms with E-state index in [2.05, 4.69) is 10.2 Å². The molecule has 1 N–H and O–H groups in total. The molecule has 7 heteroatoms. The fourth-order valence-electron chi connectivity index (χ4n) is 4.29. The molecule has 0 aliphatic carbocycles. The third kappa shape index (κ3) is 3.52. The third-order valence-corrected chi connectivity index (χ3v) is 6.19. The normalized spacial score (nSPS) is 15.0. The van der Waals surface area contributed by atoms with Gasteiger partial charge in [-0.25, -0.2) is 0 Å². The Kier molecular flexibility index (Phi) is 5.30. The Bertz CT molecular complexity index is 1330. The van der Waals surface area contributed by atoms with E-state index in [0.29, 0.717) is 22.2 Å². The van der Waals surface area contributed by atoms with Crippen molar-refractivity contribution in [2.24, 2.45) is 0 Å². The summed E-state index contributed by atoms with van der Waals surface area (Å²) in [6.07, 6.45) is 0. The molecule has 1 aliphatic rings. The number of benzene rings is 3. The van der Waals surface area contributed by atoms with Crippen LogP contribution in [0.2, 0.25) is 5.02 Å². The van der Waals surface area contributed by atoms with Crippen molar-refractivity contribution in [1.29, 1.82) is 0 Å². The van der Waals surface area contributed by atoms with Gasteiger partial charge in [-0.2, -0.15) is 5.10 Å². The highest BCUT2D eigenvalue weighted by Crippen LogP contribution is 2.47. The molecule has 33 heavy (non-hydrogen) atoms. The zero-order valence-electron chi connectivity index (χ0n) is 18.4. The lowest BCUT2D eigenvalue weighted by molar-refractivity contribution is 0.0988. The molecule has 166 valence electrons. The Morgan fingerprint density at radius 3 is 2.36 bits per heavy atom. The number of aromatic amines is 1. The predicted octanol–water partition coefficient (Wildman–Crippen LogP) is 5.81. The number of fused-ring (bicyclic) bond motifs is 1. The number of rotatable bonds is 5. The second kappa shape index (κ2) is 8.30. The number of aryl methyl sites for hydroxylation is 1. The molecule has 0 bridgehead atoms. The van der Waals surface area contributed by atoms with Gasteiger partial charge in [0.2, 0.25) is 0 Å². The standard InChI is InChI=1S/C26H22ClN3O3/c1-15-4-6-16(7-5-15)23-22-24(29-28-23)26(31)30(18-10-8-17(27)9-11-18)25(22)20-13-12-19(32-2)14-21(20)33-3/h4-14,25H,1-3H3,(H,28,29)/t25-/m1/s1. The molecule has 1 aliphatic heterocycles. The van der Waals surface area contributed by atoms with E-state index in [1.165, 1.54) is 0 Å². The highest BCUT2D eigenvalue weighted by atomic mass is 35.5. The molecule has 3 aromatic carbocycles. The fourth-order valence-corrected chi connectivity index (χ4v) is 4.41. The Hall–Kier alpha value is -3.77. The van der Waals surface area contributed by atoms with Crippen molar-refractivity contribution >= 4 is 23.2 Å². The number of H-pyrrole nitrogens is 1. The monoisotopic (exact) mass is 459 g/mol. The maximum atomic E-state index is 13.6. The maximum Gasteiger partial charge on any atom is 0.277 e. The van der Waals surface area contributed by atoms with Gasteiger partial charge in [0.1, 0.15) is 17.2 Å². The van der Waals surface area contributed by atoms with Crippen LogP contribution in [0.4, 0.5) is 5.69 Å². The van der Waals surface area contributed by atoms with Gasteiger partial charge in [0.25, 0.3) is 5.91 Å². The Labute approximate surface area is 196 Å². The third-order valence-electron chi connectivity index (χ3n) is 5.93. The van der Waals surface area contributed by atoms with Crippen LogP contribution in [0.3, 0.4) is 0 Å². The largest absolute Gasteiger partial charge is 0.497 e. The lowest BCUT2D eigenvalue weighted by atomic mass is 9.94.